The molecule has 0 unspecified atom stereocenters. The number of halogens is 1. The first kappa shape index (κ1) is 11.2. The second-order valence-corrected chi connectivity index (χ2v) is 3.89. The van der Waals surface area contributed by atoms with E-state index in [1.54, 1.807) is 11.8 Å². The summed E-state index contributed by atoms with van der Waals surface area (Å²) in [4.78, 5) is 14.0. The van der Waals surface area contributed by atoms with Crippen molar-refractivity contribution in [2.45, 2.75) is 4.90 Å². The highest BCUT2D eigenvalue weighted by atomic mass is 35.5. The summed E-state index contributed by atoms with van der Waals surface area (Å²) in [7, 11) is 0. The number of hydrogen-bond acceptors (Lipinski definition) is 3. The number of para-hydroxylation sites is 1. The average molecular weight is 231 g/mol. The first-order valence-corrected chi connectivity index (χ1v) is 5.01. The Hall–Kier alpha value is -0.870. The van der Waals surface area contributed by atoms with Crippen LogP contribution in [0.4, 0.5) is 5.69 Å². The molecule has 2 rings (SSSR count). The predicted molar refractivity (Wildman–Crippen MR) is 61.0 cm³/mol. The van der Waals surface area contributed by atoms with Gasteiger partial charge in [0.15, 0.2) is 0 Å². The molecular weight excluding hydrogens is 220 g/mol. The van der Waals surface area contributed by atoms with E-state index in [1.807, 2.05) is 23.1 Å². The molecule has 1 aliphatic rings. The summed E-state index contributed by atoms with van der Waals surface area (Å²) in [5.41, 5.74) is 6.26. The molecule has 5 heteroatoms. The van der Waals surface area contributed by atoms with E-state index in [2.05, 4.69) is 6.07 Å². The number of rotatable bonds is 2. The SMILES string of the molecule is Cl.NC(=O)CN1CSc2ccccc21. The fourth-order valence-electron chi connectivity index (χ4n) is 1.38. The van der Waals surface area contributed by atoms with Crippen molar-refractivity contribution < 1.29 is 4.79 Å². The number of amides is 1. The van der Waals surface area contributed by atoms with Gasteiger partial charge < -0.3 is 10.6 Å². The number of nitrogens with zero attached hydrogens (tertiary/aromatic N) is 1. The van der Waals surface area contributed by atoms with Crippen LogP contribution >= 0.6 is 24.2 Å². The van der Waals surface area contributed by atoms with Crippen LogP contribution in [0.15, 0.2) is 29.2 Å². The summed E-state index contributed by atoms with van der Waals surface area (Å²) in [6.45, 7) is 0.310. The number of anilines is 1. The normalized spacial score (nSPS) is 13.3. The molecule has 0 aliphatic carbocycles. The van der Waals surface area contributed by atoms with Gasteiger partial charge in [0.1, 0.15) is 0 Å². The molecule has 1 aromatic carbocycles. The van der Waals surface area contributed by atoms with Gasteiger partial charge in [-0.2, -0.15) is 0 Å². The molecule has 0 saturated carbocycles. The number of carbonyl (C=O) groups excluding carboxylic acids is 1. The maximum absolute atomic E-state index is 10.7. The lowest BCUT2D eigenvalue weighted by Crippen LogP contribution is -2.31. The minimum Gasteiger partial charge on any atom is -0.368 e. The monoisotopic (exact) mass is 230 g/mol. The Morgan fingerprint density at radius 1 is 1.50 bits per heavy atom. The second-order valence-electron chi connectivity index (χ2n) is 2.91. The number of fused-ring (bicyclic) bond motifs is 1. The molecule has 1 aliphatic heterocycles. The molecule has 0 spiro atoms. The van der Waals surface area contributed by atoms with Gasteiger partial charge in [0, 0.05) is 4.90 Å². The molecule has 0 radical (unpaired) electrons. The van der Waals surface area contributed by atoms with E-state index in [4.69, 9.17) is 5.73 Å². The number of carbonyl (C=O) groups is 1. The van der Waals surface area contributed by atoms with Crippen molar-refractivity contribution in [1.29, 1.82) is 0 Å². The zero-order valence-electron chi connectivity index (χ0n) is 7.47. The fourth-order valence-corrected chi connectivity index (χ4v) is 2.42. The smallest absolute Gasteiger partial charge is 0.236 e. The van der Waals surface area contributed by atoms with Gasteiger partial charge in [0.2, 0.25) is 5.91 Å². The average Bonchev–Trinajstić information content (AvgIpc) is 2.48. The van der Waals surface area contributed by atoms with Crippen LogP contribution in [-0.2, 0) is 4.79 Å². The highest BCUT2D eigenvalue weighted by Gasteiger charge is 2.19. The Kier molecular flexibility index (Phi) is 3.66. The van der Waals surface area contributed by atoms with Gasteiger partial charge in [0.05, 0.1) is 18.1 Å². The van der Waals surface area contributed by atoms with Crippen molar-refractivity contribution in [2.24, 2.45) is 5.73 Å². The van der Waals surface area contributed by atoms with E-state index in [9.17, 15) is 4.79 Å². The van der Waals surface area contributed by atoms with Crippen molar-refractivity contribution in [3.8, 4) is 0 Å². The molecule has 14 heavy (non-hydrogen) atoms. The molecular formula is C9H11ClN2OS. The maximum Gasteiger partial charge on any atom is 0.236 e. The molecule has 0 aromatic heterocycles. The van der Waals surface area contributed by atoms with Crippen LogP contribution in [0.1, 0.15) is 0 Å². The lowest BCUT2D eigenvalue weighted by Gasteiger charge is -2.15. The van der Waals surface area contributed by atoms with E-state index in [0.717, 1.165) is 11.6 Å². The van der Waals surface area contributed by atoms with Crippen molar-refractivity contribution in [3.63, 3.8) is 0 Å². The van der Waals surface area contributed by atoms with Gasteiger partial charge in [-0.3, -0.25) is 4.79 Å². The Balaban J connectivity index is 0.000000980. The highest BCUT2D eigenvalue weighted by molar-refractivity contribution is 7.99. The first-order valence-electron chi connectivity index (χ1n) is 4.02. The van der Waals surface area contributed by atoms with Crippen LogP contribution in [0.25, 0.3) is 0 Å². The quantitative estimate of drug-likeness (QED) is 0.837. The summed E-state index contributed by atoms with van der Waals surface area (Å²) in [6.07, 6.45) is 0. The molecule has 0 atom stereocenters. The molecule has 1 amide bonds. The molecule has 1 heterocycles. The summed E-state index contributed by atoms with van der Waals surface area (Å²) >= 11 is 1.74. The molecule has 0 saturated heterocycles. The Labute approximate surface area is 93.1 Å². The van der Waals surface area contributed by atoms with Crippen molar-refractivity contribution in [1.82, 2.24) is 0 Å². The largest absolute Gasteiger partial charge is 0.368 e. The van der Waals surface area contributed by atoms with Crippen molar-refractivity contribution in [3.05, 3.63) is 24.3 Å². The van der Waals surface area contributed by atoms with Crippen LogP contribution in [0.2, 0.25) is 0 Å². The van der Waals surface area contributed by atoms with Crippen molar-refractivity contribution in [2.75, 3.05) is 17.3 Å². The van der Waals surface area contributed by atoms with Crippen LogP contribution < -0.4 is 10.6 Å². The van der Waals surface area contributed by atoms with Crippen LogP contribution in [0.5, 0.6) is 0 Å². The molecule has 76 valence electrons. The maximum atomic E-state index is 10.7. The second kappa shape index (κ2) is 4.57. The number of hydrogen-bond donors (Lipinski definition) is 1. The lowest BCUT2D eigenvalue weighted by atomic mass is 10.3. The van der Waals surface area contributed by atoms with Gasteiger partial charge in [-0.05, 0) is 12.1 Å². The summed E-state index contributed by atoms with van der Waals surface area (Å²) in [5.74, 6) is 0.541. The van der Waals surface area contributed by atoms with E-state index in [0.29, 0.717) is 6.54 Å². The van der Waals surface area contributed by atoms with Crippen molar-refractivity contribution >= 4 is 35.8 Å². The first-order chi connectivity index (χ1) is 6.27. The summed E-state index contributed by atoms with van der Waals surface area (Å²) in [5, 5.41) is 0. The van der Waals surface area contributed by atoms with Gasteiger partial charge in [-0.15, -0.1) is 24.2 Å². The zero-order chi connectivity index (χ0) is 9.26. The van der Waals surface area contributed by atoms with Crippen LogP contribution in [0, 0.1) is 0 Å². The summed E-state index contributed by atoms with van der Waals surface area (Å²) in [6, 6.07) is 8.04. The third-order valence-corrected chi connectivity index (χ3v) is 3.03. The highest BCUT2D eigenvalue weighted by Crippen LogP contribution is 2.37. The third kappa shape index (κ3) is 2.13. The predicted octanol–water partition coefficient (Wildman–Crippen LogP) is 1.46. The van der Waals surface area contributed by atoms with Gasteiger partial charge >= 0.3 is 0 Å². The fraction of sp³-hybridized carbons (Fsp3) is 0.222. The Morgan fingerprint density at radius 2 is 2.21 bits per heavy atom. The molecule has 0 bridgehead atoms. The minimum absolute atomic E-state index is 0. The van der Waals surface area contributed by atoms with E-state index in [1.165, 1.54) is 4.90 Å². The zero-order valence-corrected chi connectivity index (χ0v) is 9.11. The van der Waals surface area contributed by atoms with Gasteiger partial charge in [-0.25, -0.2) is 0 Å². The van der Waals surface area contributed by atoms with Crippen LogP contribution in [-0.4, -0.2) is 18.3 Å². The number of primary amides is 1. The standard InChI is InChI=1S/C9H10N2OS.ClH/c10-9(12)5-11-6-13-8-4-2-1-3-7(8)11;/h1-4H,5-6H2,(H2,10,12);1H. The van der Waals surface area contributed by atoms with E-state index in [-0.39, 0.29) is 18.3 Å². The number of benzene rings is 1. The van der Waals surface area contributed by atoms with E-state index >= 15 is 0 Å². The molecule has 0 fully saturated rings. The van der Waals surface area contributed by atoms with E-state index < -0.39 is 0 Å². The topological polar surface area (TPSA) is 46.3 Å². The summed E-state index contributed by atoms with van der Waals surface area (Å²) < 4.78 is 0. The lowest BCUT2D eigenvalue weighted by molar-refractivity contribution is -0.116. The van der Waals surface area contributed by atoms with Gasteiger partial charge in [-0.1, -0.05) is 12.1 Å². The Bertz CT molecular complexity index is 345. The third-order valence-electron chi connectivity index (χ3n) is 1.93. The molecule has 1 aromatic rings. The Morgan fingerprint density at radius 3 is 2.93 bits per heavy atom. The molecule has 3 nitrogen and oxygen atoms in total. The minimum atomic E-state index is -0.280. The number of thioether (sulfide) groups is 1. The van der Waals surface area contributed by atoms with Gasteiger partial charge in [0.25, 0.3) is 0 Å². The number of nitrogens with two attached hydrogens (primary N) is 1. The molecule has 2 N–H and O–H groups in total. The van der Waals surface area contributed by atoms with Crippen LogP contribution in [0.3, 0.4) is 0 Å².